The predicted octanol–water partition coefficient (Wildman–Crippen LogP) is 4.09. The molecule has 0 spiro atoms. The number of nitrogens with one attached hydrogen (secondary N) is 1. The molecular formula is C25H26N6OS. The number of nitrogens with zero attached hydrogens (tertiary/aromatic N) is 5. The minimum Gasteiger partial charge on any atom is -0.348 e. The van der Waals surface area contributed by atoms with Crippen molar-refractivity contribution in [3.05, 3.63) is 83.1 Å². The molecule has 1 amide bonds. The number of benzene rings is 1. The van der Waals surface area contributed by atoms with Crippen molar-refractivity contribution in [2.75, 3.05) is 13.1 Å². The van der Waals surface area contributed by atoms with Crippen LogP contribution in [0.25, 0.3) is 16.5 Å². The van der Waals surface area contributed by atoms with Gasteiger partial charge < -0.3 is 5.32 Å². The van der Waals surface area contributed by atoms with Crippen molar-refractivity contribution < 1.29 is 4.79 Å². The summed E-state index contributed by atoms with van der Waals surface area (Å²) in [4.78, 5) is 25.6. The monoisotopic (exact) mass is 458 g/mol. The summed E-state index contributed by atoms with van der Waals surface area (Å²) >= 11 is 1.63. The zero-order valence-corrected chi connectivity index (χ0v) is 19.3. The lowest BCUT2D eigenvalue weighted by atomic mass is 10.0. The number of amides is 1. The molecule has 168 valence electrons. The smallest absolute Gasteiger partial charge is 0.255 e. The van der Waals surface area contributed by atoms with Gasteiger partial charge >= 0.3 is 0 Å². The first-order valence-electron chi connectivity index (χ1n) is 11.2. The zero-order valence-electron chi connectivity index (χ0n) is 18.5. The topological polar surface area (TPSA) is 75.9 Å². The molecule has 4 heterocycles. The van der Waals surface area contributed by atoms with Gasteiger partial charge in [-0.3, -0.25) is 9.69 Å². The SMILES string of the molecule is Cc1c(C(=O)N[C@H]2CCCN(Cc3ccccc3)C2)cnn1-c1nccc(-c2cccs2)n1. The van der Waals surface area contributed by atoms with Gasteiger partial charge in [-0.1, -0.05) is 36.4 Å². The van der Waals surface area contributed by atoms with Crippen molar-refractivity contribution in [2.24, 2.45) is 0 Å². The van der Waals surface area contributed by atoms with Crippen LogP contribution >= 0.6 is 11.3 Å². The quantitative estimate of drug-likeness (QED) is 0.471. The minimum absolute atomic E-state index is 0.0975. The van der Waals surface area contributed by atoms with Crippen LogP contribution in [0, 0.1) is 6.92 Å². The molecule has 1 saturated heterocycles. The Balaban J connectivity index is 1.27. The number of hydrogen-bond acceptors (Lipinski definition) is 6. The van der Waals surface area contributed by atoms with E-state index >= 15 is 0 Å². The fraction of sp³-hybridized carbons (Fsp3) is 0.280. The maximum atomic E-state index is 13.1. The van der Waals surface area contributed by atoms with E-state index in [1.54, 1.807) is 28.4 Å². The van der Waals surface area contributed by atoms with Gasteiger partial charge in [-0.25, -0.2) is 14.6 Å². The molecule has 1 aromatic carbocycles. The number of rotatable bonds is 6. The third-order valence-corrected chi connectivity index (χ3v) is 6.84. The van der Waals surface area contributed by atoms with Crippen molar-refractivity contribution in [3.63, 3.8) is 0 Å². The Kier molecular flexibility index (Phi) is 6.28. The van der Waals surface area contributed by atoms with Crippen molar-refractivity contribution in [1.82, 2.24) is 30.0 Å². The average Bonchev–Trinajstić information content (AvgIpc) is 3.50. The first kappa shape index (κ1) is 21.5. The molecule has 0 aliphatic carbocycles. The summed E-state index contributed by atoms with van der Waals surface area (Å²) < 4.78 is 1.63. The van der Waals surface area contributed by atoms with E-state index in [2.05, 4.69) is 49.5 Å². The highest BCUT2D eigenvalue weighted by atomic mass is 32.1. The standard InChI is InChI=1S/C25H26N6OS/c1-18-21(15-27-31(18)25-26-12-11-22(29-25)23-10-6-14-33-23)24(32)28-20-9-5-13-30(17-20)16-19-7-3-2-4-8-19/h2-4,6-8,10-12,14-15,20H,5,9,13,16-17H2,1H3,(H,28,32)/t20-/m0/s1. The van der Waals surface area contributed by atoms with Crippen LogP contribution in [-0.4, -0.2) is 49.7 Å². The third-order valence-electron chi connectivity index (χ3n) is 5.95. The van der Waals surface area contributed by atoms with Gasteiger partial charge in [-0.05, 0) is 49.4 Å². The van der Waals surface area contributed by atoms with E-state index in [1.807, 2.05) is 36.6 Å². The second-order valence-corrected chi connectivity index (χ2v) is 9.26. The van der Waals surface area contributed by atoms with Gasteiger partial charge in [-0.15, -0.1) is 11.3 Å². The van der Waals surface area contributed by atoms with Crippen molar-refractivity contribution in [1.29, 1.82) is 0 Å². The lowest BCUT2D eigenvalue weighted by molar-refractivity contribution is 0.0900. The lowest BCUT2D eigenvalue weighted by Gasteiger charge is -2.33. The van der Waals surface area contributed by atoms with E-state index in [-0.39, 0.29) is 11.9 Å². The predicted molar refractivity (Wildman–Crippen MR) is 129 cm³/mol. The molecule has 4 aromatic rings. The van der Waals surface area contributed by atoms with Gasteiger partial charge in [0, 0.05) is 25.3 Å². The van der Waals surface area contributed by atoms with Crippen LogP contribution in [0.15, 0.2) is 66.3 Å². The molecule has 0 saturated carbocycles. The van der Waals surface area contributed by atoms with Crippen molar-refractivity contribution >= 4 is 17.2 Å². The molecule has 8 heteroatoms. The maximum Gasteiger partial charge on any atom is 0.255 e. The van der Waals surface area contributed by atoms with Crippen LogP contribution in [0.5, 0.6) is 0 Å². The molecule has 0 bridgehead atoms. The number of hydrogen-bond donors (Lipinski definition) is 1. The summed E-state index contributed by atoms with van der Waals surface area (Å²) in [5.74, 6) is 0.365. The summed E-state index contributed by atoms with van der Waals surface area (Å²) in [6.07, 6.45) is 5.38. The lowest BCUT2D eigenvalue weighted by Crippen LogP contribution is -2.47. The summed E-state index contributed by atoms with van der Waals surface area (Å²) in [6, 6.07) is 16.5. The number of carbonyl (C=O) groups is 1. The van der Waals surface area contributed by atoms with E-state index in [9.17, 15) is 4.79 Å². The normalized spacial score (nSPS) is 16.6. The van der Waals surface area contributed by atoms with Crippen molar-refractivity contribution in [3.8, 4) is 16.5 Å². The molecule has 1 fully saturated rings. The molecule has 1 aliphatic rings. The number of thiophene rings is 1. The van der Waals surface area contributed by atoms with Gasteiger partial charge in [0.2, 0.25) is 0 Å². The van der Waals surface area contributed by atoms with Gasteiger partial charge in [0.15, 0.2) is 0 Å². The first-order valence-corrected chi connectivity index (χ1v) is 12.0. The number of likely N-dealkylation sites (tertiary alicyclic amines) is 1. The van der Waals surface area contributed by atoms with Crippen LogP contribution in [0.4, 0.5) is 0 Å². The van der Waals surface area contributed by atoms with Gasteiger partial charge in [0.25, 0.3) is 11.9 Å². The number of carbonyl (C=O) groups excluding carboxylic acids is 1. The second kappa shape index (κ2) is 9.64. The zero-order chi connectivity index (χ0) is 22.6. The highest BCUT2D eigenvalue weighted by Gasteiger charge is 2.24. The van der Waals surface area contributed by atoms with Gasteiger partial charge in [-0.2, -0.15) is 5.10 Å². The molecule has 0 radical (unpaired) electrons. The Morgan fingerprint density at radius 1 is 1.18 bits per heavy atom. The van der Waals surface area contributed by atoms with Gasteiger partial charge in [0.05, 0.1) is 28.0 Å². The fourth-order valence-corrected chi connectivity index (χ4v) is 4.96. The van der Waals surface area contributed by atoms with Gasteiger partial charge in [0.1, 0.15) is 0 Å². The summed E-state index contributed by atoms with van der Waals surface area (Å²) in [5, 5.41) is 9.65. The van der Waals surface area contributed by atoms with Crippen LogP contribution in [-0.2, 0) is 6.54 Å². The van der Waals surface area contributed by atoms with E-state index < -0.39 is 0 Å². The first-order chi connectivity index (χ1) is 16.2. The van der Waals surface area contributed by atoms with E-state index in [0.717, 1.165) is 48.7 Å². The van der Waals surface area contributed by atoms with E-state index in [1.165, 1.54) is 5.56 Å². The molecule has 0 unspecified atom stereocenters. The summed E-state index contributed by atoms with van der Waals surface area (Å²) in [5.41, 5.74) is 3.43. The average molecular weight is 459 g/mol. The number of piperidine rings is 1. The van der Waals surface area contributed by atoms with Crippen LogP contribution in [0.3, 0.4) is 0 Å². The highest BCUT2D eigenvalue weighted by Crippen LogP contribution is 2.23. The van der Waals surface area contributed by atoms with Crippen LogP contribution in [0.2, 0.25) is 0 Å². The fourth-order valence-electron chi connectivity index (χ4n) is 4.27. The molecule has 7 nitrogen and oxygen atoms in total. The molecule has 33 heavy (non-hydrogen) atoms. The Bertz CT molecular complexity index is 1220. The molecule has 1 N–H and O–H groups in total. The highest BCUT2D eigenvalue weighted by molar-refractivity contribution is 7.13. The Labute approximate surface area is 197 Å². The molecule has 5 rings (SSSR count). The Morgan fingerprint density at radius 3 is 2.88 bits per heavy atom. The molecule has 3 aromatic heterocycles. The molecule has 1 aliphatic heterocycles. The Hall–Kier alpha value is -3.36. The number of aromatic nitrogens is 4. The summed E-state index contributed by atoms with van der Waals surface area (Å²) in [6.45, 7) is 4.68. The van der Waals surface area contributed by atoms with E-state index in [4.69, 9.17) is 0 Å². The van der Waals surface area contributed by atoms with E-state index in [0.29, 0.717) is 11.5 Å². The Morgan fingerprint density at radius 2 is 2.06 bits per heavy atom. The largest absolute Gasteiger partial charge is 0.348 e. The van der Waals surface area contributed by atoms with Crippen molar-refractivity contribution in [2.45, 2.75) is 32.4 Å². The summed E-state index contributed by atoms with van der Waals surface area (Å²) in [7, 11) is 0. The van der Waals surface area contributed by atoms with Crippen LogP contribution in [0.1, 0.15) is 34.5 Å². The maximum absolute atomic E-state index is 13.1. The second-order valence-electron chi connectivity index (χ2n) is 8.31. The van der Waals surface area contributed by atoms with Crippen LogP contribution < -0.4 is 5.32 Å². The molecule has 1 atom stereocenters. The third kappa shape index (κ3) is 4.86. The minimum atomic E-state index is -0.0975. The molecular weight excluding hydrogens is 432 g/mol.